The minimum absolute atomic E-state index is 0.106. The van der Waals surface area contributed by atoms with E-state index in [1.165, 1.54) is 6.07 Å². The van der Waals surface area contributed by atoms with Gasteiger partial charge in [0.1, 0.15) is 11.9 Å². The van der Waals surface area contributed by atoms with Gasteiger partial charge in [0.05, 0.1) is 6.04 Å². The average molecular weight is 208 g/mol. The number of halogens is 1. The zero-order chi connectivity index (χ0) is 11.0. The van der Waals surface area contributed by atoms with E-state index in [-0.39, 0.29) is 17.8 Å². The molecule has 0 bridgehead atoms. The first-order valence-corrected chi connectivity index (χ1v) is 4.97. The first kappa shape index (κ1) is 10.1. The van der Waals surface area contributed by atoms with Gasteiger partial charge >= 0.3 is 0 Å². The van der Waals surface area contributed by atoms with Gasteiger partial charge in [0.2, 0.25) is 5.91 Å². The number of benzene rings is 1. The van der Waals surface area contributed by atoms with Crippen molar-refractivity contribution in [1.29, 1.82) is 0 Å². The number of carbonyl (C=O) groups excluding carboxylic acids is 1. The van der Waals surface area contributed by atoms with Crippen LogP contribution in [0.5, 0.6) is 0 Å². The summed E-state index contributed by atoms with van der Waals surface area (Å²) < 4.78 is 13.5. The Balaban J connectivity index is 2.32. The van der Waals surface area contributed by atoms with Crippen LogP contribution in [0.3, 0.4) is 0 Å². The number of nitrogens with two attached hydrogens (primary N) is 1. The van der Waals surface area contributed by atoms with E-state index in [0.29, 0.717) is 12.1 Å². The minimum atomic E-state index is -0.596. The molecule has 1 fully saturated rings. The first-order valence-electron chi connectivity index (χ1n) is 4.97. The van der Waals surface area contributed by atoms with Crippen molar-refractivity contribution in [2.75, 3.05) is 6.54 Å². The summed E-state index contributed by atoms with van der Waals surface area (Å²) in [6.07, 6.45) is 0. The molecule has 1 amide bonds. The molecular formula is C11H13FN2O. The Labute approximate surface area is 87.7 Å². The van der Waals surface area contributed by atoms with Crippen molar-refractivity contribution < 1.29 is 9.18 Å². The highest BCUT2D eigenvalue weighted by molar-refractivity contribution is 5.89. The second-order valence-corrected chi connectivity index (χ2v) is 3.62. The fourth-order valence-electron chi connectivity index (χ4n) is 2.00. The number of β-lactam (4-membered cyclic amide) rings is 1. The summed E-state index contributed by atoms with van der Waals surface area (Å²) in [7, 11) is 0. The van der Waals surface area contributed by atoms with Crippen molar-refractivity contribution in [1.82, 2.24) is 4.90 Å². The van der Waals surface area contributed by atoms with Gasteiger partial charge in [-0.25, -0.2) is 4.39 Å². The fraction of sp³-hybridized carbons (Fsp3) is 0.364. The van der Waals surface area contributed by atoms with Crippen LogP contribution in [0.1, 0.15) is 18.5 Å². The van der Waals surface area contributed by atoms with Crippen molar-refractivity contribution in [2.24, 2.45) is 5.73 Å². The Morgan fingerprint density at radius 3 is 2.73 bits per heavy atom. The van der Waals surface area contributed by atoms with Gasteiger partial charge in [-0.1, -0.05) is 18.2 Å². The number of likely N-dealkylation sites (N-methyl/N-ethyl adjacent to an activating group) is 1. The van der Waals surface area contributed by atoms with Gasteiger partial charge in [0, 0.05) is 12.1 Å². The SMILES string of the molecule is CCN1C(=O)[C@H](N)[C@H]1c1ccccc1F. The molecule has 80 valence electrons. The van der Waals surface area contributed by atoms with Crippen molar-refractivity contribution in [2.45, 2.75) is 19.0 Å². The topological polar surface area (TPSA) is 46.3 Å². The molecule has 3 nitrogen and oxygen atoms in total. The third kappa shape index (κ3) is 1.41. The van der Waals surface area contributed by atoms with Crippen LogP contribution in [0.4, 0.5) is 4.39 Å². The maximum absolute atomic E-state index is 13.5. The van der Waals surface area contributed by atoms with Crippen LogP contribution in [0.25, 0.3) is 0 Å². The summed E-state index contributed by atoms with van der Waals surface area (Å²) in [6.45, 7) is 2.42. The molecule has 1 saturated heterocycles. The molecule has 2 atom stereocenters. The van der Waals surface area contributed by atoms with Crippen LogP contribution < -0.4 is 5.73 Å². The highest BCUT2D eigenvalue weighted by atomic mass is 19.1. The highest BCUT2D eigenvalue weighted by Gasteiger charge is 2.45. The van der Waals surface area contributed by atoms with Crippen LogP contribution in [-0.4, -0.2) is 23.4 Å². The number of hydrogen-bond donors (Lipinski definition) is 1. The number of likely N-dealkylation sites (tertiary alicyclic amines) is 1. The molecule has 15 heavy (non-hydrogen) atoms. The third-order valence-electron chi connectivity index (χ3n) is 2.81. The van der Waals surface area contributed by atoms with E-state index in [0.717, 1.165) is 0 Å². The Morgan fingerprint density at radius 2 is 2.13 bits per heavy atom. The quantitative estimate of drug-likeness (QED) is 0.738. The maximum Gasteiger partial charge on any atom is 0.242 e. The fourth-order valence-corrected chi connectivity index (χ4v) is 2.00. The van der Waals surface area contributed by atoms with Gasteiger partial charge in [0.25, 0.3) is 0 Å². The second-order valence-electron chi connectivity index (χ2n) is 3.62. The minimum Gasteiger partial charge on any atom is -0.332 e. The highest BCUT2D eigenvalue weighted by Crippen LogP contribution is 2.34. The van der Waals surface area contributed by atoms with Crippen LogP contribution in [-0.2, 0) is 4.79 Å². The zero-order valence-electron chi connectivity index (χ0n) is 8.48. The molecule has 1 aliphatic rings. The summed E-state index contributed by atoms with van der Waals surface area (Å²) in [5.74, 6) is -0.408. The molecule has 1 aliphatic heterocycles. The summed E-state index contributed by atoms with van der Waals surface area (Å²) in [6, 6.07) is 5.54. The molecule has 0 aliphatic carbocycles. The lowest BCUT2D eigenvalue weighted by atomic mass is 9.89. The summed E-state index contributed by atoms with van der Waals surface area (Å²) in [5, 5.41) is 0. The van der Waals surface area contributed by atoms with E-state index in [1.54, 1.807) is 23.1 Å². The van der Waals surface area contributed by atoms with E-state index in [9.17, 15) is 9.18 Å². The van der Waals surface area contributed by atoms with E-state index < -0.39 is 6.04 Å². The number of amides is 1. The van der Waals surface area contributed by atoms with Crippen LogP contribution in [0.15, 0.2) is 24.3 Å². The molecular weight excluding hydrogens is 195 g/mol. The third-order valence-corrected chi connectivity index (χ3v) is 2.81. The van der Waals surface area contributed by atoms with Crippen molar-refractivity contribution >= 4 is 5.91 Å². The molecule has 2 N–H and O–H groups in total. The standard InChI is InChI=1S/C11H13FN2O/c1-2-14-10(9(13)11(14)15)7-5-3-4-6-8(7)12/h3-6,9-10H,2,13H2,1H3/t9-,10-/m1/s1. The number of nitrogens with zero attached hydrogens (tertiary/aromatic N) is 1. The second kappa shape index (κ2) is 3.62. The predicted octanol–water partition coefficient (Wildman–Crippen LogP) is 1.06. The molecule has 1 aromatic carbocycles. The molecule has 0 radical (unpaired) electrons. The number of rotatable bonds is 2. The molecule has 2 rings (SSSR count). The van der Waals surface area contributed by atoms with Gasteiger partial charge in [-0.2, -0.15) is 0 Å². The summed E-state index contributed by atoms with van der Waals surface area (Å²) >= 11 is 0. The van der Waals surface area contributed by atoms with Crippen LogP contribution in [0.2, 0.25) is 0 Å². The zero-order valence-corrected chi connectivity index (χ0v) is 8.48. The average Bonchev–Trinajstić information content (AvgIpc) is 2.26. The Kier molecular flexibility index (Phi) is 2.44. The molecule has 0 spiro atoms. The van der Waals surface area contributed by atoms with Crippen molar-refractivity contribution in [3.05, 3.63) is 35.6 Å². The van der Waals surface area contributed by atoms with Crippen molar-refractivity contribution in [3.63, 3.8) is 0 Å². The van der Waals surface area contributed by atoms with E-state index in [1.807, 2.05) is 6.92 Å². The Bertz CT molecular complexity index is 394. The van der Waals surface area contributed by atoms with Crippen LogP contribution >= 0.6 is 0 Å². The summed E-state index contributed by atoms with van der Waals surface area (Å²) in [5.41, 5.74) is 6.18. The largest absolute Gasteiger partial charge is 0.332 e. The lowest BCUT2D eigenvalue weighted by Gasteiger charge is -2.45. The Morgan fingerprint density at radius 1 is 1.47 bits per heavy atom. The lowest BCUT2D eigenvalue weighted by molar-refractivity contribution is -0.149. The van der Waals surface area contributed by atoms with E-state index in [2.05, 4.69) is 0 Å². The number of carbonyl (C=O) groups is 1. The Hall–Kier alpha value is -1.42. The maximum atomic E-state index is 13.5. The monoisotopic (exact) mass is 208 g/mol. The molecule has 1 aromatic rings. The van der Waals surface area contributed by atoms with Gasteiger partial charge in [0.15, 0.2) is 0 Å². The molecule has 0 saturated carbocycles. The van der Waals surface area contributed by atoms with E-state index >= 15 is 0 Å². The normalized spacial score (nSPS) is 25.3. The summed E-state index contributed by atoms with van der Waals surface area (Å²) in [4.78, 5) is 13.0. The predicted molar refractivity (Wildman–Crippen MR) is 54.5 cm³/mol. The molecule has 0 unspecified atom stereocenters. The van der Waals surface area contributed by atoms with E-state index in [4.69, 9.17) is 5.73 Å². The van der Waals surface area contributed by atoms with Gasteiger partial charge in [-0.15, -0.1) is 0 Å². The van der Waals surface area contributed by atoms with Gasteiger partial charge in [-0.3, -0.25) is 4.79 Å². The van der Waals surface area contributed by atoms with Gasteiger partial charge in [-0.05, 0) is 13.0 Å². The van der Waals surface area contributed by atoms with Crippen molar-refractivity contribution in [3.8, 4) is 0 Å². The number of hydrogen-bond acceptors (Lipinski definition) is 2. The van der Waals surface area contributed by atoms with Gasteiger partial charge < -0.3 is 10.6 Å². The smallest absolute Gasteiger partial charge is 0.242 e. The molecule has 4 heteroatoms. The van der Waals surface area contributed by atoms with Crippen LogP contribution in [0, 0.1) is 5.82 Å². The first-order chi connectivity index (χ1) is 7.16. The molecule has 0 aromatic heterocycles. The lowest BCUT2D eigenvalue weighted by Crippen LogP contribution is -2.62. The molecule has 1 heterocycles.